The number of aliphatic hydroxyl groups excluding tert-OH is 1. The van der Waals surface area contributed by atoms with E-state index in [0.29, 0.717) is 43.7 Å². The first-order valence-electron chi connectivity index (χ1n) is 16.8. The lowest BCUT2D eigenvalue weighted by Crippen LogP contribution is -2.33. The Bertz CT molecular complexity index is 1840. The molecule has 11 nitrogen and oxygen atoms in total. The molecule has 2 fully saturated rings. The van der Waals surface area contributed by atoms with Gasteiger partial charge in [-0.2, -0.15) is 0 Å². The zero-order chi connectivity index (χ0) is 35.7. The van der Waals surface area contributed by atoms with Gasteiger partial charge in [0.25, 0.3) is 10.5 Å². The number of thioether (sulfide) groups is 2. The van der Waals surface area contributed by atoms with Crippen LogP contribution in [0, 0.1) is 0 Å². The highest BCUT2D eigenvalue weighted by Crippen LogP contribution is 2.30. The van der Waals surface area contributed by atoms with E-state index in [1.165, 1.54) is 10.5 Å². The molecule has 2 aliphatic rings. The van der Waals surface area contributed by atoms with Gasteiger partial charge in [-0.25, -0.2) is 0 Å². The fourth-order valence-electron chi connectivity index (χ4n) is 5.60. The van der Waals surface area contributed by atoms with Gasteiger partial charge in [-0.15, -0.1) is 0 Å². The number of amides is 4. The molecule has 0 radical (unpaired) electrons. The van der Waals surface area contributed by atoms with Gasteiger partial charge in [0.2, 0.25) is 11.8 Å². The molecule has 51 heavy (non-hydrogen) atoms. The van der Waals surface area contributed by atoms with E-state index in [2.05, 4.69) is 28.3 Å². The highest BCUT2D eigenvalue weighted by molar-refractivity contribution is 8.15. The van der Waals surface area contributed by atoms with Gasteiger partial charge in [-0.1, -0.05) is 66.8 Å². The van der Waals surface area contributed by atoms with Crippen molar-refractivity contribution in [1.82, 2.24) is 20.2 Å². The van der Waals surface area contributed by atoms with E-state index in [9.17, 15) is 24.3 Å². The third-order valence-electron chi connectivity index (χ3n) is 8.60. The van der Waals surface area contributed by atoms with Crippen molar-refractivity contribution in [2.24, 2.45) is 0 Å². The second-order valence-corrected chi connectivity index (χ2v) is 14.5. The number of hydrogen-bond donors (Lipinski definition) is 2. The first kappa shape index (κ1) is 36.1. The van der Waals surface area contributed by atoms with Crippen LogP contribution < -0.4 is 14.8 Å². The van der Waals surface area contributed by atoms with Crippen LogP contribution in [0.4, 0.5) is 9.59 Å². The molecule has 6 rings (SSSR count). The Labute approximate surface area is 304 Å². The van der Waals surface area contributed by atoms with Crippen molar-refractivity contribution in [2.45, 2.75) is 55.6 Å². The van der Waals surface area contributed by atoms with Crippen molar-refractivity contribution in [3.63, 3.8) is 0 Å². The minimum absolute atomic E-state index is 0.0158. The molecule has 2 unspecified atom stereocenters. The summed E-state index contributed by atoms with van der Waals surface area (Å²) in [6, 6.07) is 22.4. The van der Waals surface area contributed by atoms with Gasteiger partial charge in [0.15, 0.2) is 0 Å². The van der Waals surface area contributed by atoms with Crippen molar-refractivity contribution in [3.8, 4) is 11.5 Å². The van der Waals surface area contributed by atoms with E-state index in [0.717, 1.165) is 58.1 Å². The number of aliphatic hydroxyl groups is 1. The van der Waals surface area contributed by atoms with Crippen LogP contribution in [-0.4, -0.2) is 72.5 Å². The Balaban J connectivity index is 0.912. The van der Waals surface area contributed by atoms with Crippen LogP contribution in [0.15, 0.2) is 85.2 Å². The number of ether oxygens (including phenoxy) is 2. The SMILES string of the molecule is CCc1ccc(CCOc2ccc(CC3SC(=O)N(CCc4ccc([C@H](O)COc5ccc(CC6SC(=O)NC6=O)cc5)nc4)C3=O)cc2)nc1. The summed E-state index contributed by atoms with van der Waals surface area (Å²) in [6.07, 6.45) is 5.55. The summed E-state index contributed by atoms with van der Waals surface area (Å²) >= 11 is 2.04. The van der Waals surface area contributed by atoms with E-state index in [-0.39, 0.29) is 35.4 Å². The molecule has 0 spiro atoms. The smallest absolute Gasteiger partial charge is 0.289 e. The Morgan fingerprint density at radius 3 is 2.02 bits per heavy atom. The molecule has 2 aromatic carbocycles. The summed E-state index contributed by atoms with van der Waals surface area (Å²) in [5.74, 6) is 0.811. The Hall–Kier alpha value is -4.72. The van der Waals surface area contributed by atoms with Crippen LogP contribution in [0.1, 0.15) is 46.7 Å². The Morgan fingerprint density at radius 2 is 1.41 bits per heavy atom. The standard InChI is InChI=1S/C38H38N4O7S2/c1-2-24-3-9-28(39-21-24)16-18-48-29-10-4-26(5-11-29)20-34-36(45)42(38(47)51-34)17-15-27-8-14-31(40-22-27)32(43)23-49-30-12-6-25(7-13-30)19-33-35(44)41-37(46)50-33/h3-14,21-22,32-34,43H,2,15-20,23H2,1H3,(H,41,44,46)/t32-,33?,34?/m1/s1. The molecule has 13 heteroatoms. The van der Waals surface area contributed by atoms with E-state index in [1.807, 2.05) is 54.7 Å². The third-order valence-corrected chi connectivity index (χ3v) is 10.7. The molecule has 4 aromatic rings. The summed E-state index contributed by atoms with van der Waals surface area (Å²) in [5, 5.41) is 11.4. The van der Waals surface area contributed by atoms with Crippen LogP contribution in [-0.2, 0) is 41.7 Å². The van der Waals surface area contributed by atoms with Gasteiger partial charge in [-0.3, -0.25) is 39.4 Å². The topological polar surface area (TPSA) is 148 Å². The molecular formula is C38H38N4O7S2. The monoisotopic (exact) mass is 726 g/mol. The number of imide groups is 2. The predicted octanol–water partition coefficient (Wildman–Crippen LogP) is 5.52. The quantitative estimate of drug-likeness (QED) is 0.151. The van der Waals surface area contributed by atoms with Gasteiger partial charge in [-0.05, 0) is 84.3 Å². The van der Waals surface area contributed by atoms with Gasteiger partial charge in [0, 0.05) is 31.1 Å². The van der Waals surface area contributed by atoms with Crippen LogP contribution in [0.5, 0.6) is 11.5 Å². The minimum Gasteiger partial charge on any atom is -0.493 e. The molecule has 4 heterocycles. The lowest BCUT2D eigenvalue weighted by atomic mass is 10.1. The number of benzene rings is 2. The highest BCUT2D eigenvalue weighted by Gasteiger charge is 2.39. The fourth-order valence-corrected chi connectivity index (χ4v) is 7.51. The van der Waals surface area contributed by atoms with Crippen molar-refractivity contribution in [1.29, 1.82) is 0 Å². The molecule has 0 saturated carbocycles. The molecule has 264 valence electrons. The number of nitrogens with zero attached hydrogens (tertiary/aromatic N) is 3. The van der Waals surface area contributed by atoms with Gasteiger partial charge >= 0.3 is 0 Å². The van der Waals surface area contributed by atoms with E-state index < -0.39 is 16.6 Å². The van der Waals surface area contributed by atoms with Crippen molar-refractivity contribution in [2.75, 3.05) is 19.8 Å². The summed E-state index contributed by atoms with van der Waals surface area (Å²) < 4.78 is 11.6. The number of pyridine rings is 2. The summed E-state index contributed by atoms with van der Waals surface area (Å²) in [5.41, 5.74) is 5.30. The molecule has 0 aliphatic carbocycles. The molecule has 3 atom stereocenters. The number of hydrogen-bond acceptors (Lipinski definition) is 11. The van der Waals surface area contributed by atoms with Crippen LogP contribution in [0.25, 0.3) is 0 Å². The van der Waals surface area contributed by atoms with Gasteiger partial charge < -0.3 is 14.6 Å². The zero-order valence-electron chi connectivity index (χ0n) is 28.0. The lowest BCUT2D eigenvalue weighted by Gasteiger charge is -2.15. The maximum absolute atomic E-state index is 13.1. The van der Waals surface area contributed by atoms with Crippen molar-refractivity contribution >= 4 is 45.8 Å². The van der Waals surface area contributed by atoms with E-state index in [1.54, 1.807) is 24.4 Å². The number of carbonyl (C=O) groups is 4. The molecule has 2 saturated heterocycles. The third kappa shape index (κ3) is 9.75. The van der Waals surface area contributed by atoms with Crippen LogP contribution in [0.2, 0.25) is 0 Å². The Kier molecular flexibility index (Phi) is 12.0. The number of rotatable bonds is 16. The summed E-state index contributed by atoms with van der Waals surface area (Å²) in [7, 11) is 0. The first-order valence-corrected chi connectivity index (χ1v) is 18.5. The molecule has 2 aromatic heterocycles. The van der Waals surface area contributed by atoms with Crippen molar-refractivity contribution in [3.05, 3.63) is 119 Å². The van der Waals surface area contributed by atoms with Crippen molar-refractivity contribution < 1.29 is 33.8 Å². The second kappa shape index (κ2) is 17.0. The molecule has 0 bridgehead atoms. The lowest BCUT2D eigenvalue weighted by molar-refractivity contribution is -0.126. The minimum atomic E-state index is -0.969. The maximum atomic E-state index is 13.1. The fraction of sp³-hybridized carbons (Fsp3) is 0.316. The largest absolute Gasteiger partial charge is 0.493 e. The van der Waals surface area contributed by atoms with Crippen LogP contribution >= 0.6 is 23.5 Å². The number of aryl methyl sites for hydroxylation is 1. The normalized spacial score (nSPS) is 17.9. The zero-order valence-corrected chi connectivity index (χ0v) is 29.7. The van der Waals surface area contributed by atoms with E-state index >= 15 is 0 Å². The predicted molar refractivity (Wildman–Crippen MR) is 195 cm³/mol. The number of aromatic nitrogens is 2. The summed E-state index contributed by atoms with van der Waals surface area (Å²) in [4.78, 5) is 59.2. The summed E-state index contributed by atoms with van der Waals surface area (Å²) in [6.45, 7) is 2.84. The van der Waals surface area contributed by atoms with Gasteiger partial charge in [0.05, 0.1) is 22.8 Å². The molecule has 4 amide bonds. The first-order chi connectivity index (χ1) is 24.7. The Morgan fingerprint density at radius 1 is 0.765 bits per heavy atom. The van der Waals surface area contributed by atoms with Crippen LogP contribution in [0.3, 0.4) is 0 Å². The number of carbonyl (C=O) groups excluding carboxylic acids is 4. The van der Waals surface area contributed by atoms with E-state index in [4.69, 9.17) is 9.47 Å². The molecule has 2 aliphatic heterocycles. The van der Waals surface area contributed by atoms with Gasteiger partial charge in [0.1, 0.15) is 24.2 Å². The second-order valence-electron chi connectivity index (χ2n) is 12.2. The average molecular weight is 727 g/mol. The molecular weight excluding hydrogens is 689 g/mol. The molecule has 2 N–H and O–H groups in total. The maximum Gasteiger partial charge on any atom is 0.289 e. The highest BCUT2D eigenvalue weighted by atomic mass is 32.2. The number of nitrogens with one attached hydrogen (secondary N) is 1. The average Bonchev–Trinajstić information content (AvgIpc) is 3.61.